The zero-order valence-electron chi connectivity index (χ0n) is 15.8. The zero-order valence-corrected chi connectivity index (χ0v) is 15.8. The second kappa shape index (κ2) is 6.99. The molecule has 4 rings (SSSR count). The minimum Gasteiger partial charge on any atom is -0.339 e. The molecule has 2 aromatic carbocycles. The van der Waals surface area contributed by atoms with Crippen molar-refractivity contribution in [1.82, 2.24) is 10.1 Å². The number of benzene rings is 2. The molecule has 0 bridgehead atoms. The van der Waals surface area contributed by atoms with Crippen molar-refractivity contribution in [2.75, 3.05) is 11.4 Å². The lowest BCUT2D eigenvalue weighted by Crippen LogP contribution is -2.24. The first-order valence-corrected chi connectivity index (χ1v) is 9.33. The van der Waals surface area contributed by atoms with Gasteiger partial charge in [0.25, 0.3) is 0 Å². The fourth-order valence-corrected chi connectivity index (χ4v) is 3.50. The molecule has 138 valence electrons. The van der Waals surface area contributed by atoms with E-state index in [1.165, 1.54) is 5.56 Å². The molecule has 5 heteroatoms. The maximum atomic E-state index is 12.5. The lowest BCUT2D eigenvalue weighted by atomic mass is 10.0. The van der Waals surface area contributed by atoms with E-state index in [-0.39, 0.29) is 11.8 Å². The molecular weight excluding hydrogens is 338 g/mol. The molecule has 27 heavy (non-hydrogen) atoms. The Morgan fingerprint density at radius 1 is 1.11 bits per heavy atom. The van der Waals surface area contributed by atoms with E-state index < -0.39 is 0 Å². The van der Waals surface area contributed by atoms with Crippen molar-refractivity contribution in [3.63, 3.8) is 0 Å². The van der Waals surface area contributed by atoms with Crippen LogP contribution in [0.1, 0.15) is 49.1 Å². The van der Waals surface area contributed by atoms with Crippen molar-refractivity contribution < 1.29 is 9.32 Å². The Hall–Kier alpha value is -2.95. The van der Waals surface area contributed by atoms with Crippen molar-refractivity contribution in [2.24, 2.45) is 0 Å². The van der Waals surface area contributed by atoms with Crippen LogP contribution in [0.25, 0.3) is 11.4 Å². The van der Waals surface area contributed by atoms with E-state index in [0.29, 0.717) is 30.6 Å². The monoisotopic (exact) mass is 361 g/mol. The average molecular weight is 361 g/mol. The first-order valence-electron chi connectivity index (χ1n) is 9.33. The van der Waals surface area contributed by atoms with Crippen molar-refractivity contribution in [3.8, 4) is 11.4 Å². The predicted molar refractivity (Wildman–Crippen MR) is 105 cm³/mol. The summed E-state index contributed by atoms with van der Waals surface area (Å²) in [5.74, 6) is 1.60. The van der Waals surface area contributed by atoms with Gasteiger partial charge < -0.3 is 9.42 Å². The van der Waals surface area contributed by atoms with E-state index >= 15 is 0 Å². The van der Waals surface area contributed by atoms with Crippen LogP contribution in [-0.2, 0) is 4.79 Å². The van der Waals surface area contributed by atoms with E-state index in [1.54, 1.807) is 0 Å². The lowest BCUT2D eigenvalue weighted by molar-refractivity contribution is -0.117. The molecule has 1 atom stereocenters. The maximum absolute atomic E-state index is 12.5. The van der Waals surface area contributed by atoms with Crippen LogP contribution in [0.5, 0.6) is 0 Å². The number of carbonyl (C=O) groups is 1. The van der Waals surface area contributed by atoms with E-state index in [4.69, 9.17) is 4.52 Å². The van der Waals surface area contributed by atoms with Crippen LogP contribution in [0.3, 0.4) is 0 Å². The molecule has 1 fully saturated rings. The Kier molecular flexibility index (Phi) is 4.52. The number of amides is 1. The third-order valence-electron chi connectivity index (χ3n) is 5.17. The highest BCUT2D eigenvalue weighted by molar-refractivity contribution is 5.96. The Morgan fingerprint density at radius 2 is 1.85 bits per heavy atom. The summed E-state index contributed by atoms with van der Waals surface area (Å²) < 4.78 is 5.50. The highest BCUT2D eigenvalue weighted by Crippen LogP contribution is 2.33. The van der Waals surface area contributed by atoms with Gasteiger partial charge in [-0.3, -0.25) is 4.79 Å². The van der Waals surface area contributed by atoms with Gasteiger partial charge in [-0.15, -0.1) is 0 Å². The summed E-state index contributed by atoms with van der Waals surface area (Å²) in [7, 11) is 0. The first-order chi connectivity index (χ1) is 13.0. The maximum Gasteiger partial charge on any atom is 0.232 e. The summed E-state index contributed by atoms with van der Waals surface area (Å²) in [5.41, 5.74) is 4.24. The number of carbonyl (C=O) groups excluding carboxylic acids is 1. The topological polar surface area (TPSA) is 59.2 Å². The van der Waals surface area contributed by atoms with E-state index in [1.807, 2.05) is 48.2 Å². The van der Waals surface area contributed by atoms with Gasteiger partial charge in [-0.2, -0.15) is 4.98 Å². The molecule has 1 aliphatic heterocycles. The fraction of sp³-hybridized carbons (Fsp3) is 0.318. The van der Waals surface area contributed by atoms with Gasteiger partial charge >= 0.3 is 0 Å². The molecule has 0 spiro atoms. The van der Waals surface area contributed by atoms with Gasteiger partial charge in [0.15, 0.2) is 0 Å². The average Bonchev–Trinajstić information content (AvgIpc) is 3.29. The van der Waals surface area contributed by atoms with Gasteiger partial charge in [-0.05, 0) is 36.1 Å². The molecule has 1 saturated heterocycles. The highest BCUT2D eigenvalue weighted by Gasteiger charge is 2.35. The van der Waals surface area contributed by atoms with Crippen molar-refractivity contribution in [1.29, 1.82) is 0 Å². The third kappa shape index (κ3) is 3.37. The number of aryl methyl sites for hydroxylation is 1. The lowest BCUT2D eigenvalue weighted by Gasteiger charge is -2.17. The van der Waals surface area contributed by atoms with Gasteiger partial charge in [0.05, 0.1) is 5.92 Å². The van der Waals surface area contributed by atoms with E-state index in [9.17, 15) is 4.79 Å². The fourth-order valence-electron chi connectivity index (χ4n) is 3.50. The van der Waals surface area contributed by atoms with Crippen LogP contribution in [0, 0.1) is 6.92 Å². The van der Waals surface area contributed by atoms with Gasteiger partial charge in [0.2, 0.25) is 17.6 Å². The standard InChI is InChI=1S/C22H23N3O2/c1-14(2)16-8-10-18(11-9-16)25-13-17(12-20(25)26)22-23-21(24-27-22)19-7-5-4-6-15(19)3/h4-11,14,17H,12-13H2,1-3H3. The second-order valence-corrected chi connectivity index (χ2v) is 7.42. The Morgan fingerprint density at radius 3 is 2.56 bits per heavy atom. The summed E-state index contributed by atoms with van der Waals surface area (Å²) in [5, 5.41) is 4.13. The molecule has 0 radical (unpaired) electrons. The smallest absolute Gasteiger partial charge is 0.232 e. The highest BCUT2D eigenvalue weighted by atomic mass is 16.5. The Bertz CT molecular complexity index is 960. The van der Waals surface area contributed by atoms with Crippen molar-refractivity contribution in [2.45, 2.75) is 39.0 Å². The minimum absolute atomic E-state index is 0.0763. The Labute approximate surface area is 159 Å². The summed E-state index contributed by atoms with van der Waals surface area (Å²) in [6, 6.07) is 16.1. The number of nitrogens with zero attached hydrogens (tertiary/aromatic N) is 3. The van der Waals surface area contributed by atoms with Gasteiger partial charge in [-0.25, -0.2) is 0 Å². The minimum atomic E-state index is -0.0763. The van der Waals surface area contributed by atoms with Gasteiger partial charge in [0, 0.05) is 24.2 Å². The predicted octanol–water partition coefficient (Wildman–Crippen LogP) is 4.69. The zero-order chi connectivity index (χ0) is 19.0. The molecule has 2 heterocycles. The number of hydrogen-bond donors (Lipinski definition) is 0. The molecule has 1 aliphatic rings. The van der Waals surface area contributed by atoms with Crippen LogP contribution < -0.4 is 4.90 Å². The summed E-state index contributed by atoms with van der Waals surface area (Å²) in [6.07, 6.45) is 0.390. The molecular formula is C22H23N3O2. The van der Waals surface area contributed by atoms with Crippen LogP contribution in [0.4, 0.5) is 5.69 Å². The van der Waals surface area contributed by atoms with E-state index in [0.717, 1.165) is 16.8 Å². The third-order valence-corrected chi connectivity index (χ3v) is 5.17. The number of anilines is 1. The molecule has 1 unspecified atom stereocenters. The van der Waals surface area contributed by atoms with Crippen molar-refractivity contribution >= 4 is 11.6 Å². The molecule has 1 aromatic heterocycles. The molecule has 0 N–H and O–H groups in total. The van der Waals surface area contributed by atoms with Gasteiger partial charge in [-0.1, -0.05) is 55.4 Å². The summed E-state index contributed by atoms with van der Waals surface area (Å²) in [6.45, 7) is 6.91. The molecule has 3 aromatic rings. The van der Waals surface area contributed by atoms with Crippen molar-refractivity contribution in [3.05, 3.63) is 65.5 Å². The molecule has 0 aliphatic carbocycles. The summed E-state index contributed by atoms with van der Waals surface area (Å²) in [4.78, 5) is 18.9. The van der Waals surface area contributed by atoms with E-state index in [2.05, 4.69) is 36.1 Å². The summed E-state index contributed by atoms with van der Waals surface area (Å²) >= 11 is 0. The van der Waals surface area contributed by atoms with Crippen LogP contribution in [-0.4, -0.2) is 22.6 Å². The van der Waals surface area contributed by atoms with Gasteiger partial charge in [0.1, 0.15) is 0 Å². The van der Waals surface area contributed by atoms with Crippen LogP contribution in [0.2, 0.25) is 0 Å². The quantitative estimate of drug-likeness (QED) is 0.676. The largest absolute Gasteiger partial charge is 0.339 e. The molecule has 5 nitrogen and oxygen atoms in total. The number of aromatic nitrogens is 2. The Balaban J connectivity index is 1.53. The number of hydrogen-bond acceptors (Lipinski definition) is 4. The molecule has 0 saturated carbocycles. The first kappa shape index (κ1) is 17.5. The van der Waals surface area contributed by atoms with Crippen LogP contribution in [0.15, 0.2) is 53.1 Å². The normalized spacial score (nSPS) is 17.1. The SMILES string of the molecule is Cc1ccccc1-c1noc(C2CC(=O)N(c3ccc(C(C)C)cc3)C2)n1. The number of rotatable bonds is 4. The van der Waals surface area contributed by atoms with Crippen LogP contribution >= 0.6 is 0 Å². The second-order valence-electron chi connectivity index (χ2n) is 7.42. The molecule has 1 amide bonds.